The van der Waals surface area contributed by atoms with Crippen molar-refractivity contribution in [3.8, 4) is 17.2 Å². The topological polar surface area (TPSA) is 106 Å². The Labute approximate surface area is 238 Å². The average molecular weight is 569 g/mol. The lowest BCUT2D eigenvalue weighted by Crippen LogP contribution is -2.49. The summed E-state index contributed by atoms with van der Waals surface area (Å²) in [6, 6.07) is 6.19. The number of benzene rings is 1. The zero-order valence-electron chi connectivity index (χ0n) is 24.0. The first-order chi connectivity index (χ1) is 19.6. The van der Waals surface area contributed by atoms with Gasteiger partial charge in [0.05, 0.1) is 31.1 Å². The van der Waals surface area contributed by atoms with E-state index in [1.165, 1.54) is 19.2 Å². The molecule has 1 aromatic carbocycles. The number of nitrogens with zero attached hydrogens (tertiary/aromatic N) is 3. The van der Waals surface area contributed by atoms with E-state index < -0.39 is 11.4 Å². The molecule has 220 valence electrons. The minimum absolute atomic E-state index is 0.0284. The standard InChI is InChI=1S/C30H37FN4O6/c1-30(2,3)41-29(37)35(18-21-16-26-27(17-32-21)40-12-11-39-26)22-6-9-34(10-7-22)8-5-19-13-23-24(33-28(19)36)14-20(31)15-25(23)38-4/h13-17,22H,5-12,18H2,1-4H3,(H,33,36). The Bertz CT molecular complexity index is 1460. The summed E-state index contributed by atoms with van der Waals surface area (Å²) in [6.45, 7) is 9.03. The summed E-state index contributed by atoms with van der Waals surface area (Å²) in [6.07, 6.45) is 3.31. The predicted molar refractivity (Wildman–Crippen MR) is 151 cm³/mol. The second-order valence-corrected chi connectivity index (χ2v) is 11.4. The Morgan fingerprint density at radius 2 is 1.88 bits per heavy atom. The van der Waals surface area contributed by atoms with E-state index in [4.69, 9.17) is 18.9 Å². The van der Waals surface area contributed by atoms with E-state index in [1.54, 1.807) is 17.2 Å². The summed E-state index contributed by atoms with van der Waals surface area (Å²) in [7, 11) is 1.48. The molecule has 0 radical (unpaired) electrons. The van der Waals surface area contributed by atoms with Gasteiger partial charge in [-0.25, -0.2) is 9.18 Å². The molecule has 1 N–H and O–H groups in total. The van der Waals surface area contributed by atoms with Crippen LogP contribution >= 0.6 is 0 Å². The fraction of sp³-hybridized carbons (Fsp3) is 0.500. The Morgan fingerprint density at radius 1 is 1.15 bits per heavy atom. The minimum atomic E-state index is -0.627. The van der Waals surface area contributed by atoms with Crippen molar-refractivity contribution < 1.29 is 28.1 Å². The van der Waals surface area contributed by atoms with Crippen LogP contribution in [-0.4, -0.2) is 77.5 Å². The van der Waals surface area contributed by atoms with E-state index in [-0.39, 0.29) is 17.7 Å². The molecule has 1 saturated heterocycles. The van der Waals surface area contributed by atoms with E-state index in [9.17, 15) is 14.0 Å². The molecule has 5 rings (SSSR count). The summed E-state index contributed by atoms with van der Waals surface area (Å²) in [5, 5.41) is 0.669. The van der Waals surface area contributed by atoms with Gasteiger partial charge in [-0.2, -0.15) is 0 Å². The number of pyridine rings is 2. The molecule has 0 spiro atoms. The molecule has 2 aromatic heterocycles. The van der Waals surface area contributed by atoms with Gasteiger partial charge in [0.25, 0.3) is 5.56 Å². The molecule has 0 unspecified atom stereocenters. The molecule has 1 amide bonds. The number of aromatic nitrogens is 2. The second-order valence-electron chi connectivity index (χ2n) is 11.4. The zero-order valence-corrected chi connectivity index (χ0v) is 24.0. The van der Waals surface area contributed by atoms with Crippen LogP contribution in [0.4, 0.5) is 9.18 Å². The third-order valence-corrected chi connectivity index (χ3v) is 7.33. The predicted octanol–water partition coefficient (Wildman–Crippen LogP) is 4.29. The molecule has 0 saturated carbocycles. The summed E-state index contributed by atoms with van der Waals surface area (Å²) in [5.74, 6) is 1.15. The number of methoxy groups -OCH3 is 1. The van der Waals surface area contributed by atoms with E-state index in [0.717, 1.165) is 25.9 Å². The van der Waals surface area contributed by atoms with Crippen LogP contribution in [0.15, 0.2) is 35.3 Å². The number of amides is 1. The average Bonchev–Trinajstić information content (AvgIpc) is 2.93. The second kappa shape index (κ2) is 11.9. The van der Waals surface area contributed by atoms with Gasteiger partial charge in [-0.15, -0.1) is 0 Å². The number of piperidine rings is 1. The molecule has 1 fully saturated rings. The normalized spacial score (nSPS) is 16.0. The lowest BCUT2D eigenvalue weighted by molar-refractivity contribution is 0.00548. The summed E-state index contributed by atoms with van der Waals surface area (Å²) in [5.41, 5.74) is 0.865. The van der Waals surface area contributed by atoms with Crippen molar-refractivity contribution in [2.75, 3.05) is 40.0 Å². The van der Waals surface area contributed by atoms with Crippen molar-refractivity contribution in [1.82, 2.24) is 19.8 Å². The van der Waals surface area contributed by atoms with Crippen molar-refractivity contribution in [3.05, 3.63) is 57.9 Å². The molecular weight excluding hydrogens is 531 g/mol. The number of aromatic amines is 1. The highest BCUT2D eigenvalue weighted by Crippen LogP contribution is 2.31. The van der Waals surface area contributed by atoms with Gasteiger partial charge in [0.2, 0.25) is 0 Å². The Hall–Kier alpha value is -3.86. The fourth-order valence-electron chi connectivity index (χ4n) is 5.29. The lowest BCUT2D eigenvalue weighted by atomic mass is 10.0. The van der Waals surface area contributed by atoms with Crippen LogP contribution in [0.3, 0.4) is 0 Å². The number of rotatable bonds is 7. The number of ether oxygens (including phenoxy) is 4. The maximum atomic E-state index is 13.9. The van der Waals surface area contributed by atoms with Crippen LogP contribution in [0.5, 0.6) is 17.2 Å². The van der Waals surface area contributed by atoms with E-state index in [1.807, 2.05) is 26.8 Å². The maximum Gasteiger partial charge on any atom is 0.410 e. The molecule has 0 aliphatic carbocycles. The Kier molecular flexibility index (Phi) is 8.35. The van der Waals surface area contributed by atoms with Crippen molar-refractivity contribution in [2.45, 2.75) is 58.2 Å². The van der Waals surface area contributed by atoms with Crippen LogP contribution < -0.4 is 19.8 Å². The van der Waals surface area contributed by atoms with E-state index >= 15 is 0 Å². The molecule has 0 bridgehead atoms. The van der Waals surface area contributed by atoms with Gasteiger partial charge < -0.3 is 28.8 Å². The number of nitrogens with one attached hydrogen (secondary N) is 1. The first-order valence-electron chi connectivity index (χ1n) is 14.0. The molecule has 0 atom stereocenters. The van der Waals surface area contributed by atoms with Crippen LogP contribution in [-0.2, 0) is 17.7 Å². The molecule has 4 heterocycles. The number of hydrogen-bond acceptors (Lipinski definition) is 8. The SMILES string of the molecule is COc1cc(F)cc2[nH]c(=O)c(CCN3CCC(N(Cc4cc5c(cn4)OCCO5)C(=O)OC(C)(C)C)CC3)cc12. The van der Waals surface area contributed by atoms with Crippen molar-refractivity contribution in [3.63, 3.8) is 0 Å². The molecule has 2 aliphatic heterocycles. The van der Waals surface area contributed by atoms with Gasteiger partial charge in [0, 0.05) is 48.8 Å². The Balaban J connectivity index is 1.25. The monoisotopic (exact) mass is 568 g/mol. The molecule has 2 aliphatic rings. The largest absolute Gasteiger partial charge is 0.496 e. The fourth-order valence-corrected chi connectivity index (χ4v) is 5.29. The summed E-state index contributed by atoms with van der Waals surface area (Å²) < 4.78 is 36.2. The van der Waals surface area contributed by atoms with Gasteiger partial charge in [-0.3, -0.25) is 14.7 Å². The third kappa shape index (κ3) is 6.90. The first-order valence-corrected chi connectivity index (χ1v) is 14.0. The minimum Gasteiger partial charge on any atom is -0.496 e. The summed E-state index contributed by atoms with van der Waals surface area (Å²) >= 11 is 0. The third-order valence-electron chi connectivity index (χ3n) is 7.33. The molecule has 10 nitrogen and oxygen atoms in total. The number of carbonyl (C=O) groups excluding carboxylic acids is 1. The van der Waals surface area contributed by atoms with Crippen molar-refractivity contribution in [1.29, 1.82) is 0 Å². The smallest absolute Gasteiger partial charge is 0.410 e. The maximum absolute atomic E-state index is 13.9. The van der Waals surface area contributed by atoms with E-state index in [2.05, 4.69) is 14.9 Å². The number of halogens is 1. The highest BCUT2D eigenvalue weighted by atomic mass is 19.1. The molecule has 41 heavy (non-hydrogen) atoms. The van der Waals surface area contributed by atoms with Gasteiger partial charge in [-0.1, -0.05) is 0 Å². The number of likely N-dealkylation sites (tertiary alicyclic amines) is 1. The first kappa shape index (κ1) is 28.7. The van der Waals surface area contributed by atoms with Crippen molar-refractivity contribution in [2.24, 2.45) is 0 Å². The van der Waals surface area contributed by atoms with E-state index in [0.29, 0.717) is 72.1 Å². The number of carbonyl (C=O) groups is 1. The molecule has 11 heteroatoms. The summed E-state index contributed by atoms with van der Waals surface area (Å²) in [4.78, 5) is 37.3. The van der Waals surface area contributed by atoms with Crippen LogP contribution in [0.2, 0.25) is 0 Å². The molecule has 3 aromatic rings. The number of fused-ring (bicyclic) bond motifs is 2. The highest BCUT2D eigenvalue weighted by molar-refractivity contribution is 5.85. The van der Waals surface area contributed by atoms with Crippen LogP contribution in [0.25, 0.3) is 10.9 Å². The van der Waals surface area contributed by atoms with Gasteiger partial charge in [-0.05, 0) is 52.2 Å². The van der Waals surface area contributed by atoms with Gasteiger partial charge in [0.1, 0.15) is 30.4 Å². The van der Waals surface area contributed by atoms with Crippen LogP contribution in [0.1, 0.15) is 44.9 Å². The van der Waals surface area contributed by atoms with Crippen molar-refractivity contribution >= 4 is 17.0 Å². The zero-order chi connectivity index (χ0) is 29.1. The highest BCUT2D eigenvalue weighted by Gasteiger charge is 2.32. The quantitative estimate of drug-likeness (QED) is 0.450. The number of hydrogen-bond donors (Lipinski definition) is 1. The Morgan fingerprint density at radius 3 is 2.59 bits per heavy atom. The molecular formula is C30H37FN4O6. The van der Waals surface area contributed by atoms with Gasteiger partial charge >= 0.3 is 6.09 Å². The van der Waals surface area contributed by atoms with Crippen LogP contribution in [0, 0.1) is 5.82 Å². The number of H-pyrrole nitrogens is 1. The lowest BCUT2D eigenvalue weighted by Gasteiger charge is -2.39. The van der Waals surface area contributed by atoms with Gasteiger partial charge in [0.15, 0.2) is 11.5 Å².